The summed E-state index contributed by atoms with van der Waals surface area (Å²) < 4.78 is 0. The Hall–Kier alpha value is -1.84. The van der Waals surface area contributed by atoms with E-state index in [0.717, 1.165) is 12.1 Å². The van der Waals surface area contributed by atoms with Crippen LogP contribution in [0.4, 0.5) is 5.69 Å². The molecule has 0 aromatic heterocycles. The Morgan fingerprint density at radius 3 is 2.17 bits per heavy atom. The van der Waals surface area contributed by atoms with Crippen LogP contribution in [0.15, 0.2) is 65.7 Å². The molecular formula is C20H25ClN2O. The first kappa shape index (κ1) is 18.5. The molecule has 0 unspecified atom stereocenters. The van der Waals surface area contributed by atoms with Gasteiger partial charge in [-0.15, -0.1) is 0 Å². The average molecular weight is 345 g/mol. The first-order chi connectivity index (χ1) is 11.8. The Morgan fingerprint density at radius 1 is 1.00 bits per heavy atom. The van der Waals surface area contributed by atoms with Gasteiger partial charge in [0.15, 0.2) is 0 Å². The fourth-order valence-electron chi connectivity index (χ4n) is 2.87. The number of halogens is 1. The van der Waals surface area contributed by atoms with Crippen LogP contribution < -0.4 is 5.48 Å². The highest BCUT2D eigenvalue weighted by Gasteiger charge is 2.15. The van der Waals surface area contributed by atoms with Gasteiger partial charge in [0, 0.05) is 11.4 Å². The topological polar surface area (TPSA) is 44.6 Å². The van der Waals surface area contributed by atoms with Crippen molar-refractivity contribution in [2.45, 2.75) is 38.5 Å². The number of hydrogen-bond acceptors (Lipinski definition) is 2. The Kier molecular flexibility index (Phi) is 8.36. The predicted octanol–water partition coefficient (Wildman–Crippen LogP) is 6.01. The quantitative estimate of drug-likeness (QED) is 0.407. The van der Waals surface area contributed by atoms with Crippen LogP contribution in [0.2, 0.25) is 5.02 Å². The summed E-state index contributed by atoms with van der Waals surface area (Å²) in [5.41, 5.74) is 3.00. The van der Waals surface area contributed by atoms with Gasteiger partial charge in [-0.25, -0.2) is 4.99 Å². The molecule has 0 saturated heterocycles. The van der Waals surface area contributed by atoms with Gasteiger partial charge in [-0.1, -0.05) is 86.2 Å². The summed E-state index contributed by atoms with van der Waals surface area (Å²) in [4.78, 5) is 4.40. The second-order valence-corrected chi connectivity index (χ2v) is 6.45. The lowest BCUT2D eigenvalue weighted by Gasteiger charge is -2.21. The Balaban J connectivity index is 0.000000292. The van der Waals surface area contributed by atoms with Crippen LogP contribution in [0, 0.1) is 5.92 Å². The summed E-state index contributed by atoms with van der Waals surface area (Å²) in [5.74, 6) is 1.26. The molecule has 0 spiro atoms. The normalized spacial score (nSPS) is 15.3. The van der Waals surface area contributed by atoms with E-state index in [-0.39, 0.29) is 0 Å². The minimum absolute atomic E-state index is 0.629. The fraction of sp³-hybridized carbons (Fsp3) is 0.350. The zero-order valence-corrected chi connectivity index (χ0v) is 14.6. The SMILES string of the molecule is ONC(CC1CCCCC1)=Nc1cccc(Cl)c1.c1ccccc1. The zero-order chi connectivity index (χ0) is 17.0. The van der Waals surface area contributed by atoms with E-state index in [4.69, 9.17) is 11.6 Å². The average Bonchev–Trinajstić information content (AvgIpc) is 2.64. The van der Waals surface area contributed by atoms with Crippen LogP contribution in [-0.2, 0) is 0 Å². The Morgan fingerprint density at radius 2 is 1.62 bits per heavy atom. The van der Waals surface area contributed by atoms with Crippen LogP contribution in [0.3, 0.4) is 0 Å². The van der Waals surface area contributed by atoms with Crippen LogP contribution in [0.5, 0.6) is 0 Å². The molecule has 0 amide bonds. The zero-order valence-electron chi connectivity index (χ0n) is 13.9. The van der Waals surface area contributed by atoms with Crippen LogP contribution in [0.1, 0.15) is 38.5 Å². The third-order valence-corrected chi connectivity index (χ3v) is 4.31. The van der Waals surface area contributed by atoms with Crippen molar-refractivity contribution in [3.05, 3.63) is 65.7 Å². The van der Waals surface area contributed by atoms with Gasteiger partial charge in [-0.2, -0.15) is 0 Å². The van der Waals surface area contributed by atoms with Gasteiger partial charge in [0.05, 0.1) is 5.69 Å². The fourth-order valence-corrected chi connectivity index (χ4v) is 3.05. The Bertz CT molecular complexity index is 583. The van der Waals surface area contributed by atoms with Crippen molar-refractivity contribution in [2.75, 3.05) is 0 Å². The van der Waals surface area contributed by atoms with E-state index in [1.54, 1.807) is 6.07 Å². The number of nitrogens with one attached hydrogen (secondary N) is 1. The molecule has 0 heterocycles. The maximum Gasteiger partial charge on any atom is 0.126 e. The summed E-state index contributed by atoms with van der Waals surface area (Å²) in [5, 5.41) is 9.83. The second kappa shape index (κ2) is 10.8. The molecule has 128 valence electrons. The number of hydroxylamine groups is 1. The van der Waals surface area contributed by atoms with Crippen molar-refractivity contribution >= 4 is 23.1 Å². The monoisotopic (exact) mass is 344 g/mol. The van der Waals surface area contributed by atoms with Crippen molar-refractivity contribution in [1.82, 2.24) is 5.48 Å². The molecule has 2 aromatic carbocycles. The standard InChI is InChI=1S/C14H19ClN2O.C6H6/c15-12-7-4-8-13(10-12)16-14(17-18)9-11-5-2-1-3-6-11;1-2-4-6-5-3-1/h4,7-8,10-11,18H,1-3,5-6,9H2,(H,16,17);1-6H. The molecule has 0 bridgehead atoms. The summed E-state index contributed by atoms with van der Waals surface area (Å²) in [6, 6.07) is 19.3. The number of nitrogens with zero attached hydrogens (tertiary/aromatic N) is 1. The minimum atomic E-state index is 0.629. The maximum absolute atomic E-state index is 9.17. The van der Waals surface area contributed by atoms with E-state index < -0.39 is 0 Å². The van der Waals surface area contributed by atoms with E-state index in [2.05, 4.69) is 10.5 Å². The summed E-state index contributed by atoms with van der Waals surface area (Å²) in [6.45, 7) is 0. The van der Waals surface area contributed by atoms with E-state index in [0.29, 0.717) is 16.8 Å². The van der Waals surface area contributed by atoms with Crippen molar-refractivity contribution < 1.29 is 5.21 Å². The van der Waals surface area contributed by atoms with Crippen molar-refractivity contribution in [2.24, 2.45) is 10.9 Å². The van der Waals surface area contributed by atoms with Crippen LogP contribution >= 0.6 is 11.6 Å². The van der Waals surface area contributed by atoms with Gasteiger partial charge in [0.25, 0.3) is 0 Å². The molecule has 1 saturated carbocycles. The number of amidine groups is 1. The molecule has 2 aromatic rings. The number of benzene rings is 2. The molecule has 4 heteroatoms. The van der Waals surface area contributed by atoms with Gasteiger partial charge in [0.1, 0.15) is 5.84 Å². The molecule has 3 rings (SSSR count). The molecule has 3 nitrogen and oxygen atoms in total. The molecule has 1 aliphatic rings. The maximum atomic E-state index is 9.17. The van der Waals surface area contributed by atoms with Crippen LogP contribution in [0.25, 0.3) is 0 Å². The highest BCUT2D eigenvalue weighted by Crippen LogP contribution is 2.27. The molecule has 1 fully saturated rings. The number of aliphatic imine (C=N–C) groups is 1. The second-order valence-electron chi connectivity index (χ2n) is 6.01. The molecule has 0 atom stereocenters. The third kappa shape index (κ3) is 7.16. The van der Waals surface area contributed by atoms with Crippen molar-refractivity contribution in [3.8, 4) is 0 Å². The third-order valence-electron chi connectivity index (χ3n) is 4.07. The lowest BCUT2D eigenvalue weighted by atomic mass is 9.87. The smallest absolute Gasteiger partial charge is 0.126 e. The highest BCUT2D eigenvalue weighted by atomic mass is 35.5. The summed E-state index contributed by atoms with van der Waals surface area (Å²) in [6.07, 6.45) is 7.19. The van der Waals surface area contributed by atoms with Gasteiger partial charge in [-0.05, 0) is 24.1 Å². The van der Waals surface area contributed by atoms with E-state index in [1.807, 2.05) is 54.6 Å². The van der Waals surface area contributed by atoms with E-state index in [1.165, 1.54) is 32.1 Å². The van der Waals surface area contributed by atoms with Gasteiger partial charge in [0.2, 0.25) is 0 Å². The highest BCUT2D eigenvalue weighted by molar-refractivity contribution is 6.30. The first-order valence-corrected chi connectivity index (χ1v) is 8.89. The number of rotatable bonds is 3. The van der Waals surface area contributed by atoms with Gasteiger partial charge in [-0.3, -0.25) is 10.7 Å². The lowest BCUT2D eigenvalue weighted by Crippen LogP contribution is -2.23. The Labute approximate surface area is 149 Å². The van der Waals surface area contributed by atoms with Gasteiger partial charge < -0.3 is 0 Å². The molecule has 1 aliphatic carbocycles. The molecule has 2 N–H and O–H groups in total. The number of hydrogen-bond donors (Lipinski definition) is 2. The molecule has 0 radical (unpaired) electrons. The van der Waals surface area contributed by atoms with Crippen LogP contribution in [-0.4, -0.2) is 11.0 Å². The summed E-state index contributed by atoms with van der Waals surface area (Å²) in [7, 11) is 0. The molecule has 24 heavy (non-hydrogen) atoms. The molecule has 0 aliphatic heterocycles. The lowest BCUT2D eigenvalue weighted by molar-refractivity contribution is 0.227. The summed E-state index contributed by atoms with van der Waals surface area (Å²) >= 11 is 5.91. The predicted molar refractivity (Wildman–Crippen MR) is 101 cm³/mol. The van der Waals surface area contributed by atoms with E-state index in [9.17, 15) is 5.21 Å². The van der Waals surface area contributed by atoms with Gasteiger partial charge >= 0.3 is 0 Å². The van der Waals surface area contributed by atoms with Crippen molar-refractivity contribution in [1.29, 1.82) is 0 Å². The largest absolute Gasteiger partial charge is 0.290 e. The first-order valence-electron chi connectivity index (χ1n) is 8.51. The van der Waals surface area contributed by atoms with E-state index >= 15 is 0 Å². The molecular weight excluding hydrogens is 320 g/mol. The minimum Gasteiger partial charge on any atom is -0.290 e. The van der Waals surface area contributed by atoms with Crippen molar-refractivity contribution in [3.63, 3.8) is 0 Å².